The molecule has 2 aliphatic rings. The van der Waals surface area contributed by atoms with E-state index < -0.39 is 36.1 Å². The monoisotopic (exact) mass is 242 g/mol. The molecule has 2 heterocycles. The van der Waals surface area contributed by atoms with Crippen LogP contribution in [0.3, 0.4) is 0 Å². The first kappa shape index (κ1) is 11.2. The van der Waals surface area contributed by atoms with Gasteiger partial charge in [0.25, 0.3) is 0 Å². The third-order valence-electron chi connectivity index (χ3n) is 2.31. The van der Waals surface area contributed by atoms with Crippen molar-refractivity contribution < 1.29 is 23.9 Å². The number of ether oxygens (including phenoxy) is 1. The highest BCUT2D eigenvalue weighted by Crippen LogP contribution is 1.99. The summed E-state index contributed by atoms with van der Waals surface area (Å²) in [6, 6.07) is -2.74. The van der Waals surface area contributed by atoms with Crippen molar-refractivity contribution >= 4 is 24.0 Å². The number of carbonyl (C=O) groups is 4. The fourth-order valence-electron chi connectivity index (χ4n) is 1.44. The summed E-state index contributed by atoms with van der Waals surface area (Å²) in [6.45, 7) is 0.139. The summed E-state index contributed by atoms with van der Waals surface area (Å²) in [4.78, 5) is 44.3. The van der Waals surface area contributed by atoms with Crippen molar-refractivity contribution in [1.82, 2.24) is 21.3 Å². The van der Waals surface area contributed by atoms with Crippen LogP contribution >= 0.6 is 0 Å². The fourth-order valence-corrected chi connectivity index (χ4v) is 1.44. The normalized spacial score (nSPS) is 26.6. The van der Waals surface area contributed by atoms with Crippen LogP contribution in [-0.2, 0) is 14.3 Å². The summed E-state index contributed by atoms with van der Waals surface area (Å²) in [7, 11) is 0. The number of hydrogen-bond donors (Lipinski definition) is 4. The molecular formula is C8H10N4O5. The molecule has 2 atom stereocenters. The maximum Gasteiger partial charge on any atom is 0.338 e. The van der Waals surface area contributed by atoms with Crippen LogP contribution in [0, 0.1) is 0 Å². The molecular weight excluding hydrogens is 232 g/mol. The molecule has 0 radical (unpaired) electrons. The van der Waals surface area contributed by atoms with Crippen molar-refractivity contribution in [2.45, 2.75) is 12.1 Å². The third-order valence-corrected chi connectivity index (χ3v) is 2.31. The topological polar surface area (TPSA) is 126 Å². The summed E-state index contributed by atoms with van der Waals surface area (Å²) in [6.07, 6.45) is 0. The zero-order valence-corrected chi connectivity index (χ0v) is 8.61. The van der Waals surface area contributed by atoms with Crippen molar-refractivity contribution in [3.63, 3.8) is 0 Å². The fraction of sp³-hybridized carbons (Fsp3) is 0.500. The zero-order valence-electron chi connectivity index (χ0n) is 8.61. The smallest absolute Gasteiger partial charge is 0.338 e. The Balaban J connectivity index is 1.84. The molecule has 17 heavy (non-hydrogen) atoms. The van der Waals surface area contributed by atoms with E-state index in [1.165, 1.54) is 0 Å². The molecule has 4 N–H and O–H groups in total. The highest BCUT2D eigenvalue weighted by Gasteiger charge is 2.34. The van der Waals surface area contributed by atoms with Gasteiger partial charge in [-0.3, -0.25) is 0 Å². The summed E-state index contributed by atoms with van der Waals surface area (Å²) >= 11 is 0. The van der Waals surface area contributed by atoms with E-state index in [1.54, 1.807) is 0 Å². The maximum absolute atomic E-state index is 11.4. The Morgan fingerprint density at radius 1 is 0.941 bits per heavy atom. The Labute approximate surface area is 95.2 Å². The van der Waals surface area contributed by atoms with Crippen LogP contribution in [0.5, 0.6) is 0 Å². The largest absolute Gasteiger partial charge is 0.390 e. The molecule has 0 bridgehead atoms. The van der Waals surface area contributed by atoms with Crippen LogP contribution in [0.25, 0.3) is 0 Å². The van der Waals surface area contributed by atoms with Gasteiger partial charge in [-0.15, -0.1) is 0 Å². The van der Waals surface area contributed by atoms with Crippen molar-refractivity contribution in [1.29, 1.82) is 0 Å². The molecule has 0 aromatic rings. The van der Waals surface area contributed by atoms with E-state index in [2.05, 4.69) is 26.0 Å². The molecule has 0 aliphatic carbocycles. The van der Waals surface area contributed by atoms with E-state index in [9.17, 15) is 19.2 Å². The average Bonchev–Trinajstić information content (AvgIpc) is 2.87. The van der Waals surface area contributed by atoms with Crippen molar-refractivity contribution in [3.8, 4) is 0 Å². The Kier molecular flexibility index (Phi) is 2.81. The third kappa shape index (κ3) is 2.44. The predicted molar refractivity (Wildman–Crippen MR) is 51.7 cm³/mol. The summed E-state index contributed by atoms with van der Waals surface area (Å²) in [5.74, 6) is -1.70. The minimum absolute atomic E-state index is 0.0697. The Morgan fingerprint density at radius 3 is 1.65 bits per heavy atom. The van der Waals surface area contributed by atoms with Crippen LogP contribution in [0.1, 0.15) is 0 Å². The van der Waals surface area contributed by atoms with Gasteiger partial charge in [-0.05, 0) is 0 Å². The minimum Gasteiger partial charge on any atom is -0.390 e. The number of rotatable bonds is 2. The highest BCUT2D eigenvalue weighted by atomic mass is 16.6. The lowest BCUT2D eigenvalue weighted by Gasteiger charge is -2.10. The van der Waals surface area contributed by atoms with Crippen LogP contribution in [0.4, 0.5) is 9.59 Å². The van der Waals surface area contributed by atoms with E-state index in [-0.39, 0.29) is 13.1 Å². The van der Waals surface area contributed by atoms with E-state index >= 15 is 0 Å². The van der Waals surface area contributed by atoms with Crippen LogP contribution in [0.2, 0.25) is 0 Å². The van der Waals surface area contributed by atoms with Crippen molar-refractivity contribution in [2.75, 3.05) is 13.1 Å². The Bertz CT molecular complexity index is 359. The average molecular weight is 242 g/mol. The van der Waals surface area contributed by atoms with E-state index in [0.29, 0.717) is 0 Å². The van der Waals surface area contributed by atoms with Gasteiger partial charge in [-0.1, -0.05) is 0 Å². The van der Waals surface area contributed by atoms with Gasteiger partial charge in [-0.2, -0.15) is 0 Å². The van der Waals surface area contributed by atoms with Crippen molar-refractivity contribution in [2.24, 2.45) is 0 Å². The molecule has 0 saturated carbocycles. The van der Waals surface area contributed by atoms with Gasteiger partial charge in [0.2, 0.25) is 0 Å². The van der Waals surface area contributed by atoms with Crippen LogP contribution in [-0.4, -0.2) is 49.2 Å². The van der Waals surface area contributed by atoms with Crippen LogP contribution < -0.4 is 21.3 Å². The lowest BCUT2D eigenvalue weighted by atomic mass is 10.3. The molecule has 2 saturated heterocycles. The summed E-state index contributed by atoms with van der Waals surface area (Å²) in [5.41, 5.74) is 0. The van der Waals surface area contributed by atoms with Gasteiger partial charge in [0.05, 0.1) is 13.1 Å². The number of carbonyl (C=O) groups excluding carboxylic acids is 4. The molecule has 0 aromatic carbocycles. The highest BCUT2D eigenvalue weighted by molar-refractivity contribution is 5.96. The standard InChI is InChI=1S/C8H10N4O5/c13-5(3-1-9-7(15)11-3)17-6(14)4-2-10-8(16)12-4/h3-4H,1-2H2,(H2,9,11,15)(H2,10,12,16). The number of nitrogens with one attached hydrogen (secondary N) is 4. The van der Waals surface area contributed by atoms with E-state index in [1.807, 2.05) is 0 Å². The zero-order chi connectivity index (χ0) is 12.4. The number of hydrogen-bond acceptors (Lipinski definition) is 5. The van der Waals surface area contributed by atoms with E-state index in [4.69, 9.17) is 0 Å². The number of esters is 2. The second-order valence-electron chi connectivity index (χ2n) is 3.55. The van der Waals surface area contributed by atoms with Gasteiger partial charge in [0, 0.05) is 0 Å². The molecule has 9 nitrogen and oxygen atoms in total. The molecule has 2 fully saturated rings. The minimum atomic E-state index is -0.878. The molecule has 2 unspecified atom stereocenters. The molecule has 0 aromatic heterocycles. The Hall–Kier alpha value is -2.32. The maximum atomic E-state index is 11.4. The number of urea groups is 2. The van der Waals surface area contributed by atoms with Crippen LogP contribution in [0.15, 0.2) is 0 Å². The lowest BCUT2D eigenvalue weighted by molar-refractivity contribution is -0.161. The molecule has 2 aliphatic heterocycles. The molecule has 2 rings (SSSR count). The summed E-state index contributed by atoms with van der Waals surface area (Å²) in [5, 5.41) is 9.27. The van der Waals surface area contributed by atoms with Gasteiger partial charge >= 0.3 is 24.0 Å². The SMILES string of the molecule is O=C1NCC(C(=O)OC(=O)C2CNC(=O)N2)N1. The Morgan fingerprint density at radius 2 is 1.35 bits per heavy atom. The first-order valence-electron chi connectivity index (χ1n) is 4.90. The molecule has 4 amide bonds. The number of amides is 4. The second kappa shape index (κ2) is 4.28. The van der Waals surface area contributed by atoms with Gasteiger partial charge in [0.15, 0.2) is 0 Å². The quantitative estimate of drug-likeness (QED) is 0.312. The van der Waals surface area contributed by atoms with Gasteiger partial charge in [-0.25, -0.2) is 19.2 Å². The first-order chi connectivity index (χ1) is 8.06. The predicted octanol–water partition coefficient (Wildman–Crippen LogP) is -2.58. The molecule has 92 valence electrons. The second-order valence-corrected chi connectivity index (χ2v) is 3.55. The van der Waals surface area contributed by atoms with E-state index in [0.717, 1.165) is 0 Å². The lowest BCUT2D eigenvalue weighted by Crippen LogP contribution is -2.42. The van der Waals surface area contributed by atoms with Crippen molar-refractivity contribution in [3.05, 3.63) is 0 Å². The molecule has 9 heteroatoms. The first-order valence-corrected chi connectivity index (χ1v) is 4.90. The van der Waals surface area contributed by atoms with Gasteiger partial charge < -0.3 is 26.0 Å². The summed E-state index contributed by atoms with van der Waals surface area (Å²) < 4.78 is 4.53. The van der Waals surface area contributed by atoms with Gasteiger partial charge in [0.1, 0.15) is 12.1 Å². The molecule has 0 spiro atoms.